The average Bonchev–Trinajstić information content (AvgIpc) is 2.30. The summed E-state index contributed by atoms with van der Waals surface area (Å²) in [7, 11) is -3.72. The van der Waals surface area contributed by atoms with Gasteiger partial charge in [0.15, 0.2) is 0 Å². The fourth-order valence-electron chi connectivity index (χ4n) is 1.88. The van der Waals surface area contributed by atoms with E-state index < -0.39 is 10.0 Å². The zero-order valence-electron chi connectivity index (χ0n) is 9.43. The molecule has 94 valence electrons. The van der Waals surface area contributed by atoms with Gasteiger partial charge in [-0.2, -0.15) is 0 Å². The standard InChI is InChI=1S/C11H16N2O3S/c12-17(14,15)11-4-2-1-3-10(11)16-9-5-7-13-8-6-9/h1-4,9,13H,5-8H2,(H2,12,14,15). The molecule has 0 radical (unpaired) electrons. The van der Waals surface area contributed by atoms with Gasteiger partial charge in [0, 0.05) is 0 Å². The summed E-state index contributed by atoms with van der Waals surface area (Å²) in [5.41, 5.74) is 0. The molecule has 0 aliphatic carbocycles. The van der Waals surface area contributed by atoms with Crippen molar-refractivity contribution < 1.29 is 13.2 Å². The molecule has 3 N–H and O–H groups in total. The molecule has 1 saturated heterocycles. The van der Waals surface area contributed by atoms with Crippen molar-refractivity contribution >= 4 is 10.0 Å². The van der Waals surface area contributed by atoms with Crippen LogP contribution in [0.2, 0.25) is 0 Å². The molecule has 6 heteroatoms. The number of sulfonamides is 1. The Morgan fingerprint density at radius 2 is 1.88 bits per heavy atom. The monoisotopic (exact) mass is 256 g/mol. The lowest BCUT2D eigenvalue weighted by molar-refractivity contribution is 0.158. The van der Waals surface area contributed by atoms with Gasteiger partial charge in [-0.1, -0.05) is 12.1 Å². The highest BCUT2D eigenvalue weighted by molar-refractivity contribution is 7.89. The van der Waals surface area contributed by atoms with Gasteiger partial charge >= 0.3 is 0 Å². The highest BCUT2D eigenvalue weighted by Gasteiger charge is 2.19. The van der Waals surface area contributed by atoms with Crippen LogP contribution in [0.15, 0.2) is 29.2 Å². The Labute approximate surface area is 101 Å². The van der Waals surface area contributed by atoms with Gasteiger partial charge in [0.1, 0.15) is 16.7 Å². The number of hydrogen-bond donors (Lipinski definition) is 2. The van der Waals surface area contributed by atoms with Crippen LogP contribution in [0.1, 0.15) is 12.8 Å². The van der Waals surface area contributed by atoms with E-state index in [4.69, 9.17) is 9.88 Å². The molecule has 0 aromatic heterocycles. The number of hydrogen-bond acceptors (Lipinski definition) is 4. The van der Waals surface area contributed by atoms with E-state index in [1.54, 1.807) is 18.2 Å². The molecule has 0 bridgehead atoms. The van der Waals surface area contributed by atoms with Gasteiger partial charge in [-0.3, -0.25) is 0 Å². The van der Waals surface area contributed by atoms with Crippen molar-refractivity contribution in [3.63, 3.8) is 0 Å². The number of ether oxygens (including phenoxy) is 1. The summed E-state index contributed by atoms with van der Waals surface area (Å²) in [6, 6.07) is 6.48. The molecule has 1 aliphatic rings. The van der Waals surface area contributed by atoms with E-state index in [1.165, 1.54) is 6.07 Å². The molecule has 1 fully saturated rings. The van der Waals surface area contributed by atoms with Gasteiger partial charge in [-0.15, -0.1) is 0 Å². The van der Waals surface area contributed by atoms with Crippen LogP contribution in [0.25, 0.3) is 0 Å². The summed E-state index contributed by atoms with van der Waals surface area (Å²) in [6.45, 7) is 1.78. The second-order valence-corrected chi connectivity index (χ2v) is 5.59. The molecular formula is C11H16N2O3S. The molecule has 2 rings (SSSR count). The van der Waals surface area contributed by atoms with Crippen LogP contribution < -0.4 is 15.2 Å². The summed E-state index contributed by atoms with van der Waals surface area (Å²) in [6.07, 6.45) is 1.80. The Balaban J connectivity index is 2.20. The van der Waals surface area contributed by atoms with E-state index in [9.17, 15) is 8.42 Å². The minimum absolute atomic E-state index is 0.0542. The van der Waals surface area contributed by atoms with Crippen LogP contribution in [-0.2, 0) is 10.0 Å². The zero-order chi connectivity index (χ0) is 12.3. The number of benzene rings is 1. The quantitative estimate of drug-likeness (QED) is 0.823. The molecule has 0 saturated carbocycles. The normalized spacial score (nSPS) is 17.9. The molecule has 0 atom stereocenters. The van der Waals surface area contributed by atoms with Crippen molar-refractivity contribution in [1.82, 2.24) is 5.32 Å². The SMILES string of the molecule is NS(=O)(=O)c1ccccc1OC1CCNCC1. The van der Waals surface area contributed by atoms with Crippen LogP contribution in [0.3, 0.4) is 0 Å². The van der Waals surface area contributed by atoms with Crippen molar-refractivity contribution in [3.8, 4) is 5.75 Å². The maximum atomic E-state index is 11.4. The highest BCUT2D eigenvalue weighted by Crippen LogP contribution is 2.24. The topological polar surface area (TPSA) is 81.4 Å². The van der Waals surface area contributed by atoms with Crippen LogP contribution in [0.4, 0.5) is 0 Å². The smallest absolute Gasteiger partial charge is 0.241 e. The Hall–Kier alpha value is -1.11. The second-order valence-electron chi connectivity index (χ2n) is 4.06. The maximum absolute atomic E-state index is 11.4. The number of nitrogens with one attached hydrogen (secondary N) is 1. The minimum atomic E-state index is -3.72. The Morgan fingerprint density at radius 1 is 1.24 bits per heavy atom. The molecule has 0 unspecified atom stereocenters. The number of rotatable bonds is 3. The summed E-state index contributed by atoms with van der Waals surface area (Å²) in [4.78, 5) is 0.0542. The number of para-hydroxylation sites is 1. The third kappa shape index (κ3) is 3.18. The molecule has 1 aliphatic heterocycles. The number of nitrogens with two attached hydrogens (primary N) is 1. The van der Waals surface area contributed by atoms with Gasteiger partial charge in [-0.05, 0) is 38.1 Å². The van der Waals surface area contributed by atoms with Crippen molar-refractivity contribution in [3.05, 3.63) is 24.3 Å². The van der Waals surface area contributed by atoms with E-state index in [2.05, 4.69) is 5.32 Å². The first-order valence-electron chi connectivity index (χ1n) is 5.56. The fraction of sp³-hybridized carbons (Fsp3) is 0.455. The van der Waals surface area contributed by atoms with E-state index in [1.807, 2.05) is 0 Å². The third-order valence-electron chi connectivity index (χ3n) is 2.74. The van der Waals surface area contributed by atoms with E-state index in [0.717, 1.165) is 25.9 Å². The van der Waals surface area contributed by atoms with E-state index in [-0.39, 0.29) is 11.0 Å². The van der Waals surface area contributed by atoms with Gasteiger partial charge in [-0.25, -0.2) is 13.6 Å². The zero-order valence-corrected chi connectivity index (χ0v) is 10.2. The predicted molar refractivity (Wildman–Crippen MR) is 64.3 cm³/mol. The first-order valence-corrected chi connectivity index (χ1v) is 7.11. The molecule has 17 heavy (non-hydrogen) atoms. The molecule has 1 aromatic rings. The summed E-state index contributed by atoms with van der Waals surface area (Å²) in [5.74, 6) is 0.349. The van der Waals surface area contributed by atoms with Crippen LogP contribution in [0.5, 0.6) is 5.75 Å². The summed E-state index contributed by atoms with van der Waals surface area (Å²) < 4.78 is 28.5. The lowest BCUT2D eigenvalue weighted by Crippen LogP contribution is -2.34. The van der Waals surface area contributed by atoms with Crippen LogP contribution >= 0.6 is 0 Å². The van der Waals surface area contributed by atoms with Crippen molar-refractivity contribution in [2.45, 2.75) is 23.8 Å². The minimum Gasteiger partial charge on any atom is -0.489 e. The first kappa shape index (κ1) is 12.3. The number of primary sulfonamides is 1. The molecule has 5 nitrogen and oxygen atoms in total. The van der Waals surface area contributed by atoms with Crippen LogP contribution in [0, 0.1) is 0 Å². The molecule has 0 amide bonds. The molecule has 0 spiro atoms. The maximum Gasteiger partial charge on any atom is 0.241 e. The van der Waals surface area contributed by atoms with Gasteiger partial charge < -0.3 is 10.1 Å². The Kier molecular flexibility index (Phi) is 3.66. The number of piperidine rings is 1. The van der Waals surface area contributed by atoms with Crippen molar-refractivity contribution in [1.29, 1.82) is 0 Å². The first-order chi connectivity index (χ1) is 8.07. The predicted octanol–water partition coefficient (Wildman–Crippen LogP) is 0.465. The van der Waals surface area contributed by atoms with Crippen LogP contribution in [-0.4, -0.2) is 27.6 Å². The average molecular weight is 256 g/mol. The Bertz CT molecular complexity index is 481. The van der Waals surface area contributed by atoms with Gasteiger partial charge in [0.2, 0.25) is 10.0 Å². The van der Waals surface area contributed by atoms with Gasteiger partial charge in [0.25, 0.3) is 0 Å². The van der Waals surface area contributed by atoms with Crippen molar-refractivity contribution in [2.75, 3.05) is 13.1 Å². The molecule has 1 aromatic carbocycles. The second kappa shape index (κ2) is 5.03. The lowest BCUT2D eigenvalue weighted by atomic mass is 10.1. The summed E-state index contributed by atoms with van der Waals surface area (Å²) in [5, 5.41) is 8.36. The van der Waals surface area contributed by atoms with E-state index >= 15 is 0 Å². The largest absolute Gasteiger partial charge is 0.489 e. The Morgan fingerprint density at radius 3 is 2.53 bits per heavy atom. The van der Waals surface area contributed by atoms with Crippen molar-refractivity contribution in [2.24, 2.45) is 5.14 Å². The molecule has 1 heterocycles. The fourth-order valence-corrected chi connectivity index (χ4v) is 2.54. The highest BCUT2D eigenvalue weighted by atomic mass is 32.2. The summed E-state index contributed by atoms with van der Waals surface area (Å²) >= 11 is 0. The van der Waals surface area contributed by atoms with Gasteiger partial charge in [0.05, 0.1) is 0 Å². The lowest BCUT2D eigenvalue weighted by Gasteiger charge is -2.24. The molecular weight excluding hydrogens is 240 g/mol. The third-order valence-corrected chi connectivity index (χ3v) is 3.69. The van der Waals surface area contributed by atoms with E-state index in [0.29, 0.717) is 5.75 Å².